The van der Waals surface area contributed by atoms with Crippen molar-refractivity contribution in [2.24, 2.45) is 5.92 Å². The Hall–Kier alpha value is -0.120. The molecule has 0 aromatic heterocycles. The topological polar surface area (TPSA) is 44.3 Å². The van der Waals surface area contributed by atoms with Crippen molar-refractivity contribution in [2.45, 2.75) is 19.4 Å². The third-order valence-electron chi connectivity index (χ3n) is 2.19. The minimum atomic E-state index is 0.236. The van der Waals surface area contributed by atoms with E-state index in [0.29, 0.717) is 0 Å². The second kappa shape index (κ2) is 4.70. The molecule has 2 atom stereocenters. The van der Waals surface area contributed by atoms with Crippen LogP contribution in [0.15, 0.2) is 0 Å². The first-order valence-electron chi connectivity index (χ1n) is 4.38. The Bertz CT molecular complexity index is 102. The Labute approximate surface area is 68.2 Å². The highest BCUT2D eigenvalue weighted by Crippen LogP contribution is 2.05. The van der Waals surface area contributed by atoms with E-state index in [9.17, 15) is 0 Å². The van der Waals surface area contributed by atoms with Crippen molar-refractivity contribution >= 4 is 0 Å². The summed E-state index contributed by atoms with van der Waals surface area (Å²) in [5, 5.41) is 15.3. The Morgan fingerprint density at radius 1 is 1.73 bits per heavy atom. The number of nitrogens with one attached hydrogen (secondary N) is 2. The van der Waals surface area contributed by atoms with Crippen molar-refractivity contribution in [2.75, 3.05) is 26.2 Å². The molecule has 3 N–H and O–H groups in total. The van der Waals surface area contributed by atoms with Gasteiger partial charge in [-0.1, -0.05) is 0 Å². The van der Waals surface area contributed by atoms with Crippen molar-refractivity contribution in [1.82, 2.24) is 10.6 Å². The van der Waals surface area contributed by atoms with Gasteiger partial charge in [0.25, 0.3) is 0 Å². The van der Waals surface area contributed by atoms with Crippen molar-refractivity contribution in [3.63, 3.8) is 0 Å². The van der Waals surface area contributed by atoms with Crippen molar-refractivity contribution in [1.29, 1.82) is 0 Å². The number of hydrogen-bond acceptors (Lipinski definition) is 3. The van der Waals surface area contributed by atoms with Crippen molar-refractivity contribution in [3.8, 4) is 0 Å². The Kier molecular flexibility index (Phi) is 3.83. The standard InChI is InChI=1S/C8H18N2O/c1-7(6-11)10-5-8-2-3-9-4-8/h7-11H,2-6H2,1H3/t7-,8-/m1/s1. The lowest BCUT2D eigenvalue weighted by molar-refractivity contribution is 0.247. The summed E-state index contributed by atoms with van der Waals surface area (Å²) >= 11 is 0. The Morgan fingerprint density at radius 3 is 3.09 bits per heavy atom. The maximum atomic E-state index is 8.73. The van der Waals surface area contributed by atoms with Crippen LogP contribution in [0.25, 0.3) is 0 Å². The lowest BCUT2D eigenvalue weighted by atomic mass is 10.1. The number of aliphatic hydroxyl groups excluding tert-OH is 1. The van der Waals surface area contributed by atoms with Crippen LogP contribution in [-0.2, 0) is 0 Å². The molecule has 0 aromatic carbocycles. The van der Waals surface area contributed by atoms with E-state index in [1.165, 1.54) is 6.42 Å². The quantitative estimate of drug-likeness (QED) is 0.520. The maximum absolute atomic E-state index is 8.73. The van der Waals surface area contributed by atoms with Gasteiger partial charge in [-0.15, -0.1) is 0 Å². The van der Waals surface area contributed by atoms with E-state index in [1.807, 2.05) is 6.92 Å². The average Bonchev–Trinajstić information content (AvgIpc) is 2.52. The van der Waals surface area contributed by atoms with Crippen molar-refractivity contribution < 1.29 is 5.11 Å². The molecule has 0 unspecified atom stereocenters. The zero-order valence-corrected chi connectivity index (χ0v) is 7.14. The van der Waals surface area contributed by atoms with E-state index >= 15 is 0 Å². The second-order valence-electron chi connectivity index (χ2n) is 3.35. The van der Waals surface area contributed by atoms with Crippen LogP contribution < -0.4 is 10.6 Å². The van der Waals surface area contributed by atoms with Crippen molar-refractivity contribution in [3.05, 3.63) is 0 Å². The summed E-state index contributed by atoms with van der Waals surface area (Å²) in [5.74, 6) is 0.768. The molecule has 0 bridgehead atoms. The third-order valence-corrected chi connectivity index (χ3v) is 2.19. The van der Waals surface area contributed by atoms with Gasteiger partial charge in [0, 0.05) is 6.04 Å². The maximum Gasteiger partial charge on any atom is 0.0581 e. The molecule has 1 rings (SSSR count). The molecule has 0 spiro atoms. The Balaban J connectivity index is 2.01. The molecule has 1 aliphatic rings. The van der Waals surface area contributed by atoms with Crippen LogP contribution in [0.4, 0.5) is 0 Å². The normalized spacial score (nSPS) is 27.3. The largest absolute Gasteiger partial charge is 0.395 e. The first kappa shape index (κ1) is 8.97. The van der Waals surface area contributed by atoms with Gasteiger partial charge in [0.1, 0.15) is 0 Å². The molecule has 0 amide bonds. The molecule has 1 heterocycles. The zero-order chi connectivity index (χ0) is 8.10. The van der Waals surface area contributed by atoms with Crippen LogP contribution in [-0.4, -0.2) is 37.4 Å². The fraction of sp³-hybridized carbons (Fsp3) is 1.00. The molecule has 0 saturated carbocycles. The van der Waals surface area contributed by atoms with Gasteiger partial charge in [-0.2, -0.15) is 0 Å². The van der Waals surface area contributed by atoms with Crippen LogP contribution in [0.1, 0.15) is 13.3 Å². The minimum absolute atomic E-state index is 0.236. The number of rotatable bonds is 4. The summed E-state index contributed by atoms with van der Waals surface area (Å²) in [6, 6.07) is 0.246. The van der Waals surface area contributed by atoms with E-state index in [2.05, 4.69) is 10.6 Å². The molecule has 1 fully saturated rings. The van der Waals surface area contributed by atoms with Gasteiger partial charge in [0.2, 0.25) is 0 Å². The van der Waals surface area contributed by atoms with Crippen LogP contribution in [0.5, 0.6) is 0 Å². The molecule has 0 aromatic rings. The molecule has 1 saturated heterocycles. The average molecular weight is 158 g/mol. The molecule has 1 aliphatic heterocycles. The summed E-state index contributed by atoms with van der Waals surface area (Å²) in [7, 11) is 0. The van der Waals surface area contributed by atoms with E-state index in [0.717, 1.165) is 25.6 Å². The highest BCUT2D eigenvalue weighted by atomic mass is 16.3. The zero-order valence-electron chi connectivity index (χ0n) is 7.14. The first-order chi connectivity index (χ1) is 5.33. The molecule has 3 nitrogen and oxygen atoms in total. The fourth-order valence-electron chi connectivity index (χ4n) is 1.32. The van der Waals surface area contributed by atoms with Crippen LogP contribution in [0.2, 0.25) is 0 Å². The van der Waals surface area contributed by atoms with E-state index in [1.54, 1.807) is 0 Å². The summed E-state index contributed by atoms with van der Waals surface area (Å²) < 4.78 is 0. The lowest BCUT2D eigenvalue weighted by Gasteiger charge is -2.13. The fourth-order valence-corrected chi connectivity index (χ4v) is 1.32. The summed E-state index contributed by atoms with van der Waals surface area (Å²) in [6.45, 7) is 5.56. The predicted molar refractivity (Wildman–Crippen MR) is 45.5 cm³/mol. The van der Waals surface area contributed by atoms with Gasteiger partial charge in [0.15, 0.2) is 0 Å². The van der Waals surface area contributed by atoms with Crippen LogP contribution >= 0.6 is 0 Å². The molecular weight excluding hydrogens is 140 g/mol. The van der Waals surface area contributed by atoms with E-state index in [-0.39, 0.29) is 12.6 Å². The molecule has 11 heavy (non-hydrogen) atoms. The summed E-state index contributed by atoms with van der Waals surface area (Å²) in [4.78, 5) is 0. The molecule has 0 aliphatic carbocycles. The number of hydrogen-bond donors (Lipinski definition) is 3. The third kappa shape index (κ3) is 3.18. The van der Waals surface area contributed by atoms with Gasteiger partial charge < -0.3 is 15.7 Å². The van der Waals surface area contributed by atoms with Crippen LogP contribution in [0.3, 0.4) is 0 Å². The molecular formula is C8H18N2O. The number of aliphatic hydroxyl groups is 1. The van der Waals surface area contributed by atoms with Gasteiger partial charge in [-0.3, -0.25) is 0 Å². The first-order valence-corrected chi connectivity index (χ1v) is 4.38. The van der Waals surface area contributed by atoms with Gasteiger partial charge >= 0.3 is 0 Å². The Morgan fingerprint density at radius 2 is 2.55 bits per heavy atom. The van der Waals surface area contributed by atoms with E-state index in [4.69, 9.17) is 5.11 Å². The minimum Gasteiger partial charge on any atom is -0.395 e. The monoisotopic (exact) mass is 158 g/mol. The summed E-state index contributed by atoms with van der Waals surface area (Å²) in [5.41, 5.74) is 0. The lowest BCUT2D eigenvalue weighted by Crippen LogP contribution is -2.34. The molecule has 0 radical (unpaired) electrons. The van der Waals surface area contributed by atoms with E-state index < -0.39 is 0 Å². The molecule has 66 valence electrons. The van der Waals surface area contributed by atoms with Gasteiger partial charge in [-0.25, -0.2) is 0 Å². The molecule has 3 heteroatoms. The van der Waals surface area contributed by atoms with Gasteiger partial charge in [-0.05, 0) is 38.9 Å². The highest BCUT2D eigenvalue weighted by molar-refractivity contribution is 4.74. The van der Waals surface area contributed by atoms with Crippen LogP contribution in [0, 0.1) is 5.92 Å². The van der Waals surface area contributed by atoms with Gasteiger partial charge in [0.05, 0.1) is 6.61 Å². The SMILES string of the molecule is C[C@H](CO)NC[C@@H]1CCNC1. The smallest absolute Gasteiger partial charge is 0.0581 e. The predicted octanol–water partition coefficient (Wildman–Crippen LogP) is -0.434. The highest BCUT2D eigenvalue weighted by Gasteiger charge is 2.14. The summed E-state index contributed by atoms with van der Waals surface area (Å²) in [6.07, 6.45) is 1.27. The second-order valence-corrected chi connectivity index (χ2v) is 3.35.